The highest BCUT2D eigenvalue weighted by Crippen LogP contribution is 2.26. The van der Waals surface area contributed by atoms with Gasteiger partial charge in [-0.3, -0.25) is 9.59 Å². The SMILES string of the molecule is CC/C=C/C=C/C=C/C=C/CCCCCCCC(=O)O[C@H](COC(=O)CCCC/C=C/C/C=C/C/C=C/CCCCC)CO[C@@H]1O[C@H](CO[C@@H]2O[C@H](CO)[C@H](O)C(O)C2O)[C@H](O)C(O)C1O. The van der Waals surface area contributed by atoms with Gasteiger partial charge in [0.25, 0.3) is 0 Å². The van der Waals surface area contributed by atoms with Crippen molar-refractivity contribution in [3.05, 3.63) is 85.1 Å². The van der Waals surface area contributed by atoms with Gasteiger partial charge in [-0.05, 0) is 70.6 Å². The molecule has 0 radical (unpaired) electrons. The quantitative estimate of drug-likeness (QED) is 0.0166. The second kappa shape index (κ2) is 37.6. The van der Waals surface area contributed by atoms with Crippen LogP contribution in [0.1, 0.15) is 129 Å². The van der Waals surface area contributed by atoms with Gasteiger partial charge in [0.05, 0.1) is 19.8 Å². The van der Waals surface area contributed by atoms with Crippen molar-refractivity contribution in [3.63, 3.8) is 0 Å². The number of rotatable bonds is 35. The third-order valence-electron chi connectivity index (χ3n) is 11.0. The Hall–Kier alpha value is -3.32. The van der Waals surface area contributed by atoms with E-state index in [9.17, 15) is 45.3 Å². The summed E-state index contributed by atoms with van der Waals surface area (Å²) < 4.78 is 33.4. The van der Waals surface area contributed by atoms with E-state index in [0.29, 0.717) is 12.8 Å². The molecule has 2 heterocycles. The van der Waals surface area contributed by atoms with E-state index in [1.54, 1.807) is 0 Å². The zero-order chi connectivity index (χ0) is 48.2. The molecule has 2 saturated heterocycles. The maximum Gasteiger partial charge on any atom is 0.306 e. The fourth-order valence-corrected chi connectivity index (χ4v) is 6.94. The van der Waals surface area contributed by atoms with E-state index in [1.807, 2.05) is 36.5 Å². The molecule has 376 valence electrons. The van der Waals surface area contributed by atoms with Crippen molar-refractivity contribution in [1.29, 1.82) is 0 Å². The molecular formula is C51H82O15. The predicted molar refractivity (Wildman–Crippen MR) is 252 cm³/mol. The number of unbranched alkanes of at least 4 members (excludes halogenated alkanes) is 10. The van der Waals surface area contributed by atoms with Gasteiger partial charge in [-0.2, -0.15) is 0 Å². The van der Waals surface area contributed by atoms with Crippen molar-refractivity contribution in [3.8, 4) is 0 Å². The molecule has 0 aromatic carbocycles. The normalized spacial score (nSPS) is 26.9. The molecule has 0 bridgehead atoms. The summed E-state index contributed by atoms with van der Waals surface area (Å²) in [6, 6.07) is 0. The van der Waals surface area contributed by atoms with Crippen LogP contribution in [0.4, 0.5) is 0 Å². The molecule has 15 heteroatoms. The molecule has 0 aromatic rings. The second-order valence-electron chi connectivity index (χ2n) is 16.6. The Balaban J connectivity index is 1.87. The fourth-order valence-electron chi connectivity index (χ4n) is 6.94. The van der Waals surface area contributed by atoms with Gasteiger partial charge in [0.2, 0.25) is 0 Å². The van der Waals surface area contributed by atoms with Crippen molar-refractivity contribution in [1.82, 2.24) is 0 Å². The van der Waals surface area contributed by atoms with Crippen LogP contribution in [-0.4, -0.2) is 142 Å². The number of ether oxygens (including phenoxy) is 6. The summed E-state index contributed by atoms with van der Waals surface area (Å²) >= 11 is 0. The van der Waals surface area contributed by atoms with E-state index in [0.717, 1.165) is 70.6 Å². The smallest absolute Gasteiger partial charge is 0.306 e. The molecule has 7 N–H and O–H groups in total. The number of aliphatic hydroxyl groups is 7. The Labute approximate surface area is 393 Å². The van der Waals surface area contributed by atoms with Crippen LogP contribution < -0.4 is 0 Å². The largest absolute Gasteiger partial charge is 0.462 e. The van der Waals surface area contributed by atoms with E-state index < -0.39 is 99.3 Å². The minimum atomic E-state index is -1.78. The van der Waals surface area contributed by atoms with Gasteiger partial charge in [0.15, 0.2) is 18.7 Å². The fraction of sp³-hybridized carbons (Fsp3) is 0.686. The number of aliphatic hydroxyl groups excluding tert-OH is 7. The average molecular weight is 935 g/mol. The summed E-state index contributed by atoms with van der Waals surface area (Å²) in [6.07, 6.45) is 27.6. The van der Waals surface area contributed by atoms with E-state index in [2.05, 4.69) is 62.5 Å². The van der Waals surface area contributed by atoms with Crippen molar-refractivity contribution in [2.45, 2.75) is 197 Å². The Bertz CT molecular complexity index is 1470. The van der Waals surface area contributed by atoms with Gasteiger partial charge in [-0.15, -0.1) is 0 Å². The number of carbonyl (C=O) groups excluding carboxylic acids is 2. The van der Waals surface area contributed by atoms with Crippen molar-refractivity contribution < 1.29 is 73.8 Å². The van der Waals surface area contributed by atoms with Crippen molar-refractivity contribution in [2.75, 3.05) is 26.4 Å². The van der Waals surface area contributed by atoms with E-state index >= 15 is 0 Å². The molecule has 2 aliphatic rings. The Morgan fingerprint density at radius 3 is 1.67 bits per heavy atom. The van der Waals surface area contributed by atoms with Crippen LogP contribution in [0.5, 0.6) is 0 Å². The highest BCUT2D eigenvalue weighted by atomic mass is 16.7. The molecule has 15 nitrogen and oxygen atoms in total. The number of esters is 2. The summed E-state index contributed by atoms with van der Waals surface area (Å²) in [6.45, 7) is 2.32. The van der Waals surface area contributed by atoms with Crippen LogP contribution in [-0.2, 0) is 38.0 Å². The molecular weight excluding hydrogens is 853 g/mol. The molecule has 2 aliphatic heterocycles. The molecule has 2 rings (SSSR count). The number of carbonyl (C=O) groups is 2. The molecule has 66 heavy (non-hydrogen) atoms. The molecule has 2 fully saturated rings. The lowest BCUT2D eigenvalue weighted by molar-refractivity contribution is -0.332. The van der Waals surface area contributed by atoms with Crippen LogP contribution in [0, 0.1) is 0 Å². The lowest BCUT2D eigenvalue weighted by Crippen LogP contribution is -2.61. The van der Waals surface area contributed by atoms with E-state index in [1.165, 1.54) is 19.3 Å². The first-order chi connectivity index (χ1) is 32.0. The third-order valence-corrected chi connectivity index (χ3v) is 11.0. The molecule has 11 atom stereocenters. The predicted octanol–water partition coefficient (Wildman–Crippen LogP) is 6.04. The molecule has 0 saturated carbocycles. The lowest BCUT2D eigenvalue weighted by atomic mass is 9.98. The van der Waals surface area contributed by atoms with Crippen LogP contribution in [0.25, 0.3) is 0 Å². The van der Waals surface area contributed by atoms with Gasteiger partial charge in [-0.25, -0.2) is 0 Å². The number of allylic oxidation sites excluding steroid dienone is 14. The summed E-state index contributed by atoms with van der Waals surface area (Å²) in [5.74, 6) is -1.01. The molecule has 4 unspecified atom stereocenters. The third kappa shape index (κ3) is 25.7. The van der Waals surface area contributed by atoms with Gasteiger partial charge in [-0.1, -0.05) is 131 Å². The average Bonchev–Trinajstić information content (AvgIpc) is 3.31. The highest BCUT2D eigenvalue weighted by Gasteiger charge is 2.47. The standard InChI is InChI=1S/C51H82O15/c1-3-5-7-9-11-13-15-17-19-21-23-25-27-29-31-33-42(53)61-36-39(64-43(54)34-32-30-28-26-24-22-20-18-16-14-12-10-8-6-4-2)37-62-50-49(60)47(58)45(56)41(66-50)38-63-51-48(59)46(57)44(55)40(35-52)65-51/h6,8,10-14,16-20,23,25,39-41,44-52,55-60H,3-5,7,9,15,21-22,24,26-38H2,1-2H3/b8-6+,12-10+,13-11+,16-14+,19-17+,20-18+,25-23+/t39-,40-,41-,44+,45+,46?,47?,48?,49?,50-,51-/m1/s1. The monoisotopic (exact) mass is 935 g/mol. The minimum absolute atomic E-state index is 0.125. The van der Waals surface area contributed by atoms with Crippen molar-refractivity contribution in [2.24, 2.45) is 0 Å². The number of hydrogen-bond donors (Lipinski definition) is 7. The van der Waals surface area contributed by atoms with Gasteiger partial charge >= 0.3 is 11.9 Å². The summed E-state index contributed by atoms with van der Waals surface area (Å²) in [4.78, 5) is 25.7. The molecule has 0 spiro atoms. The highest BCUT2D eigenvalue weighted by molar-refractivity contribution is 5.70. The summed E-state index contributed by atoms with van der Waals surface area (Å²) in [7, 11) is 0. The first-order valence-corrected chi connectivity index (χ1v) is 24.2. The van der Waals surface area contributed by atoms with Crippen LogP contribution in [0.2, 0.25) is 0 Å². The van der Waals surface area contributed by atoms with E-state index in [-0.39, 0.29) is 19.4 Å². The van der Waals surface area contributed by atoms with Crippen LogP contribution in [0.3, 0.4) is 0 Å². The zero-order valence-electron chi connectivity index (χ0n) is 39.4. The zero-order valence-corrected chi connectivity index (χ0v) is 39.4. The van der Waals surface area contributed by atoms with Crippen molar-refractivity contribution >= 4 is 11.9 Å². The van der Waals surface area contributed by atoms with E-state index in [4.69, 9.17) is 28.4 Å². The summed E-state index contributed by atoms with van der Waals surface area (Å²) in [5.41, 5.74) is 0. The van der Waals surface area contributed by atoms with Crippen LogP contribution >= 0.6 is 0 Å². The lowest BCUT2D eigenvalue weighted by Gasteiger charge is -2.42. The minimum Gasteiger partial charge on any atom is -0.462 e. The maximum atomic E-state index is 13.0. The molecule has 0 aromatic heterocycles. The second-order valence-corrected chi connectivity index (χ2v) is 16.6. The molecule has 0 aliphatic carbocycles. The van der Waals surface area contributed by atoms with Crippen LogP contribution in [0.15, 0.2) is 85.1 Å². The first-order valence-electron chi connectivity index (χ1n) is 24.2. The van der Waals surface area contributed by atoms with Gasteiger partial charge < -0.3 is 64.2 Å². The first kappa shape index (κ1) is 58.8. The van der Waals surface area contributed by atoms with Gasteiger partial charge in [0.1, 0.15) is 55.4 Å². The number of hydrogen-bond acceptors (Lipinski definition) is 15. The summed E-state index contributed by atoms with van der Waals surface area (Å²) in [5, 5.41) is 72.0. The topological polar surface area (TPSA) is 231 Å². The Kier molecular flexibility index (Phi) is 33.5. The maximum absolute atomic E-state index is 13.0. The van der Waals surface area contributed by atoms with Gasteiger partial charge in [0, 0.05) is 12.8 Å². The Morgan fingerprint density at radius 1 is 0.515 bits per heavy atom. The molecule has 0 amide bonds. The Morgan fingerprint density at radius 2 is 1.02 bits per heavy atom.